The number of halogens is 1. The molecule has 0 saturated heterocycles. The van der Waals surface area contributed by atoms with Crippen LogP contribution < -0.4 is 5.32 Å². The molecule has 0 aliphatic heterocycles. The lowest BCUT2D eigenvalue weighted by molar-refractivity contribution is -0.129. The first-order chi connectivity index (χ1) is 11.5. The molecule has 0 aliphatic rings. The quantitative estimate of drug-likeness (QED) is 0.428. The van der Waals surface area contributed by atoms with Crippen molar-refractivity contribution in [2.75, 3.05) is 19.8 Å². The number of carbonyl (C=O) groups is 2. The van der Waals surface area contributed by atoms with Gasteiger partial charge in [0.15, 0.2) is 11.7 Å². The molecule has 0 unspecified atom stereocenters. The Morgan fingerprint density at radius 2 is 2.04 bits per heavy atom. The Hall–Kier alpha value is -2.52. The van der Waals surface area contributed by atoms with E-state index in [4.69, 9.17) is 10.00 Å². The monoisotopic (exact) mass is 332 g/mol. The zero-order chi connectivity index (χ0) is 17.9. The van der Waals surface area contributed by atoms with Gasteiger partial charge in [-0.25, -0.2) is 4.39 Å². The number of ether oxygens (including phenoxy) is 1. The molecule has 0 spiro atoms. The molecule has 1 atom stereocenters. The smallest absolute Gasteiger partial charge is 0.245 e. The molecule has 6 heteroatoms. The summed E-state index contributed by atoms with van der Waals surface area (Å²) < 4.78 is 18.0. The van der Waals surface area contributed by atoms with Crippen LogP contribution in [-0.4, -0.2) is 31.4 Å². The summed E-state index contributed by atoms with van der Waals surface area (Å²) in [7, 11) is 0. The third-order valence-electron chi connectivity index (χ3n) is 3.30. The van der Waals surface area contributed by atoms with E-state index in [-0.39, 0.29) is 5.82 Å². The van der Waals surface area contributed by atoms with E-state index < -0.39 is 17.6 Å². The van der Waals surface area contributed by atoms with Gasteiger partial charge in [0.1, 0.15) is 5.82 Å². The van der Waals surface area contributed by atoms with Crippen molar-refractivity contribution in [2.24, 2.45) is 5.92 Å². The molecule has 0 bridgehead atoms. The number of nitriles is 1. The first-order valence-electron chi connectivity index (χ1n) is 7.72. The van der Waals surface area contributed by atoms with Gasteiger partial charge in [-0.05, 0) is 49.6 Å². The summed E-state index contributed by atoms with van der Waals surface area (Å²) in [6.45, 7) is 4.98. The first-order valence-corrected chi connectivity index (χ1v) is 7.72. The number of nitrogens with zero attached hydrogens (tertiary/aromatic N) is 1. The van der Waals surface area contributed by atoms with E-state index in [0.29, 0.717) is 37.3 Å². The van der Waals surface area contributed by atoms with Gasteiger partial charge < -0.3 is 10.1 Å². The largest absolute Gasteiger partial charge is 0.382 e. The van der Waals surface area contributed by atoms with E-state index in [1.165, 1.54) is 30.3 Å². The molecular weight excluding hydrogens is 311 g/mol. The van der Waals surface area contributed by atoms with Crippen LogP contribution in [0.15, 0.2) is 30.3 Å². The first kappa shape index (κ1) is 19.5. The average Bonchev–Trinajstić information content (AvgIpc) is 2.55. The highest BCUT2D eigenvalue weighted by Gasteiger charge is 2.24. The summed E-state index contributed by atoms with van der Waals surface area (Å²) in [5.74, 6) is -2.99. The van der Waals surface area contributed by atoms with Crippen molar-refractivity contribution in [2.45, 2.75) is 20.3 Å². The Morgan fingerprint density at radius 1 is 1.38 bits per heavy atom. The molecule has 0 radical (unpaired) electrons. The lowest BCUT2D eigenvalue weighted by Gasteiger charge is -2.09. The van der Waals surface area contributed by atoms with Crippen LogP contribution in [0.25, 0.3) is 5.57 Å². The minimum absolute atomic E-state index is 0.338. The second kappa shape index (κ2) is 10.3. The second-order valence-corrected chi connectivity index (χ2v) is 5.14. The third-order valence-corrected chi connectivity index (χ3v) is 3.30. The summed E-state index contributed by atoms with van der Waals surface area (Å²) >= 11 is 0. The lowest BCUT2D eigenvalue weighted by atomic mass is 9.99. The van der Waals surface area contributed by atoms with Gasteiger partial charge in [-0.3, -0.25) is 9.59 Å². The van der Waals surface area contributed by atoms with Crippen molar-refractivity contribution in [1.29, 1.82) is 5.26 Å². The minimum Gasteiger partial charge on any atom is -0.382 e. The maximum absolute atomic E-state index is 12.9. The number of rotatable bonds is 9. The van der Waals surface area contributed by atoms with E-state index in [9.17, 15) is 14.0 Å². The molecule has 0 aliphatic carbocycles. The van der Waals surface area contributed by atoms with Crippen molar-refractivity contribution in [3.05, 3.63) is 41.7 Å². The summed E-state index contributed by atoms with van der Waals surface area (Å²) in [4.78, 5) is 24.1. The molecule has 5 nitrogen and oxygen atoms in total. The molecule has 0 fully saturated rings. The summed E-state index contributed by atoms with van der Waals surface area (Å²) in [6, 6.07) is 7.35. The van der Waals surface area contributed by atoms with Crippen LogP contribution in [0.5, 0.6) is 0 Å². The zero-order valence-corrected chi connectivity index (χ0v) is 13.8. The fourth-order valence-electron chi connectivity index (χ4n) is 1.98. The highest BCUT2D eigenvalue weighted by atomic mass is 19.1. The van der Waals surface area contributed by atoms with Gasteiger partial charge in [-0.2, -0.15) is 5.26 Å². The number of amides is 1. The molecule has 1 rings (SSSR count). The Balaban J connectivity index is 2.65. The van der Waals surface area contributed by atoms with Gasteiger partial charge in [0, 0.05) is 19.8 Å². The van der Waals surface area contributed by atoms with Gasteiger partial charge >= 0.3 is 0 Å². The standard InChI is InChI=1S/C18H21FN2O3/c1-3-24-10-4-9-21-18(23)16(12-20)17(22)11-13(2)14-5-7-15(19)8-6-14/h5-8,11,16H,3-4,9-10H2,1-2H3,(H,21,23)/b13-11+/t16-/m0/s1. The fourth-order valence-corrected chi connectivity index (χ4v) is 1.98. The number of nitrogens with one attached hydrogen (secondary N) is 1. The van der Waals surface area contributed by atoms with Crippen molar-refractivity contribution >= 4 is 17.3 Å². The number of hydrogen-bond donors (Lipinski definition) is 1. The third kappa shape index (κ3) is 6.31. The SMILES string of the molecule is CCOCCCNC(=O)[C@@H](C#N)C(=O)/C=C(\C)c1ccc(F)cc1. The minimum atomic E-state index is -1.40. The van der Waals surface area contributed by atoms with Gasteiger partial charge in [-0.1, -0.05) is 12.1 Å². The van der Waals surface area contributed by atoms with Gasteiger partial charge in [0.25, 0.3) is 0 Å². The van der Waals surface area contributed by atoms with Crippen LogP contribution in [-0.2, 0) is 14.3 Å². The van der Waals surface area contributed by atoms with Gasteiger partial charge in [0.05, 0.1) is 6.07 Å². The number of carbonyl (C=O) groups excluding carboxylic acids is 2. The maximum Gasteiger partial charge on any atom is 0.245 e. The Kier molecular flexibility index (Phi) is 8.37. The zero-order valence-electron chi connectivity index (χ0n) is 13.8. The van der Waals surface area contributed by atoms with E-state index in [2.05, 4.69) is 5.32 Å². The van der Waals surface area contributed by atoms with Crippen molar-refractivity contribution in [3.63, 3.8) is 0 Å². The Morgan fingerprint density at radius 3 is 2.62 bits per heavy atom. The van der Waals surface area contributed by atoms with Crippen LogP contribution in [0.2, 0.25) is 0 Å². The van der Waals surface area contributed by atoms with E-state index in [0.717, 1.165) is 0 Å². The molecule has 1 N–H and O–H groups in total. The summed E-state index contributed by atoms with van der Waals surface area (Å²) in [5.41, 5.74) is 1.21. The Labute approximate surface area is 141 Å². The van der Waals surface area contributed by atoms with Crippen molar-refractivity contribution in [1.82, 2.24) is 5.32 Å². The van der Waals surface area contributed by atoms with E-state index >= 15 is 0 Å². The molecule has 24 heavy (non-hydrogen) atoms. The molecule has 0 heterocycles. The van der Waals surface area contributed by atoms with Gasteiger partial charge in [-0.15, -0.1) is 0 Å². The maximum atomic E-state index is 12.9. The van der Waals surface area contributed by atoms with Crippen LogP contribution in [0.3, 0.4) is 0 Å². The van der Waals surface area contributed by atoms with Crippen molar-refractivity contribution in [3.8, 4) is 6.07 Å². The highest BCUT2D eigenvalue weighted by molar-refractivity contribution is 6.11. The van der Waals surface area contributed by atoms with Crippen LogP contribution in [0.1, 0.15) is 25.8 Å². The molecule has 0 aromatic heterocycles. The predicted molar refractivity (Wildman–Crippen MR) is 88.3 cm³/mol. The molecule has 128 valence electrons. The predicted octanol–water partition coefficient (Wildman–Crippen LogP) is 2.48. The topological polar surface area (TPSA) is 79.2 Å². The normalized spacial score (nSPS) is 12.3. The lowest BCUT2D eigenvalue weighted by Crippen LogP contribution is -2.35. The summed E-state index contributed by atoms with van der Waals surface area (Å²) in [5, 5.41) is 11.6. The Bertz CT molecular complexity index is 633. The van der Waals surface area contributed by atoms with Gasteiger partial charge in [0.2, 0.25) is 5.91 Å². The summed E-state index contributed by atoms with van der Waals surface area (Å²) in [6.07, 6.45) is 1.84. The number of allylic oxidation sites excluding steroid dienone is 2. The van der Waals surface area contributed by atoms with E-state index in [1.807, 2.05) is 6.92 Å². The average molecular weight is 332 g/mol. The van der Waals surface area contributed by atoms with Crippen LogP contribution >= 0.6 is 0 Å². The van der Waals surface area contributed by atoms with Crippen LogP contribution in [0, 0.1) is 23.1 Å². The second-order valence-electron chi connectivity index (χ2n) is 5.14. The molecule has 1 aromatic rings. The number of benzene rings is 1. The van der Waals surface area contributed by atoms with Crippen molar-refractivity contribution < 1.29 is 18.7 Å². The fraction of sp³-hybridized carbons (Fsp3) is 0.389. The number of hydrogen-bond acceptors (Lipinski definition) is 4. The van der Waals surface area contributed by atoms with Crippen LogP contribution in [0.4, 0.5) is 4.39 Å². The highest BCUT2D eigenvalue weighted by Crippen LogP contribution is 2.15. The molecule has 0 saturated carbocycles. The molecule has 1 aromatic carbocycles. The molecular formula is C18H21FN2O3. The van der Waals surface area contributed by atoms with E-state index in [1.54, 1.807) is 13.0 Å². The molecule has 1 amide bonds. The number of ketones is 1.